The van der Waals surface area contributed by atoms with Crippen molar-refractivity contribution in [2.75, 3.05) is 5.32 Å². The number of halogens is 2. The third-order valence-electron chi connectivity index (χ3n) is 3.02. The van der Waals surface area contributed by atoms with E-state index in [1.54, 1.807) is 24.3 Å². The first kappa shape index (κ1) is 14.3. The van der Waals surface area contributed by atoms with E-state index < -0.39 is 6.61 Å². The van der Waals surface area contributed by atoms with E-state index in [1.807, 2.05) is 13.8 Å². The molecule has 0 amide bonds. The van der Waals surface area contributed by atoms with Crippen molar-refractivity contribution in [1.29, 1.82) is 0 Å². The number of aryl methyl sites for hydroxylation is 2. The number of anilines is 1. The van der Waals surface area contributed by atoms with E-state index in [-0.39, 0.29) is 5.75 Å². The van der Waals surface area contributed by atoms with Gasteiger partial charge in [-0.2, -0.15) is 8.78 Å². The van der Waals surface area contributed by atoms with Gasteiger partial charge in [0.25, 0.3) is 0 Å². The molecule has 1 N–H and O–H groups in total. The predicted molar refractivity (Wildman–Crippen MR) is 76.3 cm³/mol. The molecule has 0 bridgehead atoms. The minimum Gasteiger partial charge on any atom is -0.435 e. The quantitative estimate of drug-likeness (QED) is 0.867. The van der Waals surface area contributed by atoms with E-state index in [1.165, 1.54) is 11.1 Å². The lowest BCUT2D eigenvalue weighted by molar-refractivity contribution is -0.0498. The van der Waals surface area contributed by atoms with Gasteiger partial charge in [0.2, 0.25) is 0 Å². The van der Waals surface area contributed by atoms with E-state index >= 15 is 0 Å². The molecule has 0 saturated heterocycles. The van der Waals surface area contributed by atoms with Gasteiger partial charge in [0.15, 0.2) is 0 Å². The topological polar surface area (TPSA) is 21.3 Å². The fourth-order valence-electron chi connectivity index (χ4n) is 1.91. The van der Waals surface area contributed by atoms with Gasteiger partial charge in [-0.25, -0.2) is 0 Å². The van der Waals surface area contributed by atoms with Crippen LogP contribution >= 0.6 is 0 Å². The highest BCUT2D eigenvalue weighted by Crippen LogP contribution is 2.19. The lowest BCUT2D eigenvalue weighted by Gasteiger charge is -2.11. The molecule has 0 aliphatic rings. The van der Waals surface area contributed by atoms with Crippen LogP contribution in [0.5, 0.6) is 5.75 Å². The Labute approximate surface area is 117 Å². The number of hydrogen-bond donors (Lipinski definition) is 1. The number of alkyl halides is 2. The molecule has 2 aromatic carbocycles. The summed E-state index contributed by atoms with van der Waals surface area (Å²) >= 11 is 0. The Hall–Kier alpha value is -2.10. The molecule has 0 fully saturated rings. The molecule has 0 spiro atoms. The SMILES string of the molecule is Cc1ccc(C)c(NCc2ccc(OC(F)F)cc2)c1. The summed E-state index contributed by atoms with van der Waals surface area (Å²) in [5.41, 5.74) is 4.46. The van der Waals surface area contributed by atoms with Crippen LogP contribution in [0.15, 0.2) is 42.5 Å². The number of rotatable bonds is 5. The maximum Gasteiger partial charge on any atom is 0.387 e. The Morgan fingerprint density at radius 2 is 1.75 bits per heavy atom. The average Bonchev–Trinajstić information content (AvgIpc) is 2.41. The molecule has 0 unspecified atom stereocenters. The molecule has 0 heterocycles. The van der Waals surface area contributed by atoms with Gasteiger partial charge < -0.3 is 10.1 Å². The third-order valence-corrected chi connectivity index (χ3v) is 3.02. The molecule has 4 heteroatoms. The second kappa shape index (κ2) is 6.37. The summed E-state index contributed by atoms with van der Waals surface area (Å²) in [5.74, 6) is 0.176. The van der Waals surface area contributed by atoms with E-state index in [0.717, 1.165) is 11.3 Å². The van der Waals surface area contributed by atoms with Gasteiger partial charge in [-0.05, 0) is 48.7 Å². The van der Waals surface area contributed by atoms with Crippen molar-refractivity contribution in [2.24, 2.45) is 0 Å². The highest BCUT2D eigenvalue weighted by molar-refractivity contribution is 5.52. The summed E-state index contributed by atoms with van der Waals surface area (Å²) in [6.45, 7) is 1.94. The highest BCUT2D eigenvalue weighted by Gasteiger charge is 2.04. The normalized spacial score (nSPS) is 10.7. The molecule has 0 saturated carbocycles. The summed E-state index contributed by atoms with van der Waals surface area (Å²) in [6.07, 6.45) is 0. The standard InChI is InChI=1S/C16H17F2NO/c1-11-3-4-12(2)15(9-11)19-10-13-5-7-14(8-6-13)20-16(17)18/h3-9,16,19H,10H2,1-2H3. The monoisotopic (exact) mass is 277 g/mol. The summed E-state index contributed by atoms with van der Waals surface area (Å²) in [5, 5.41) is 3.34. The summed E-state index contributed by atoms with van der Waals surface area (Å²) in [4.78, 5) is 0. The minimum atomic E-state index is -2.78. The van der Waals surface area contributed by atoms with Gasteiger partial charge in [-0.1, -0.05) is 24.3 Å². The van der Waals surface area contributed by atoms with E-state index in [0.29, 0.717) is 6.54 Å². The van der Waals surface area contributed by atoms with Gasteiger partial charge in [-0.3, -0.25) is 0 Å². The maximum absolute atomic E-state index is 12.0. The Balaban J connectivity index is 1.98. The van der Waals surface area contributed by atoms with Crippen molar-refractivity contribution in [2.45, 2.75) is 27.0 Å². The van der Waals surface area contributed by atoms with Crippen LogP contribution in [0, 0.1) is 13.8 Å². The maximum atomic E-state index is 12.0. The molecule has 2 nitrogen and oxygen atoms in total. The van der Waals surface area contributed by atoms with Crippen LogP contribution in [-0.4, -0.2) is 6.61 Å². The predicted octanol–water partition coefficient (Wildman–Crippen LogP) is 4.52. The first-order valence-corrected chi connectivity index (χ1v) is 6.39. The zero-order valence-electron chi connectivity index (χ0n) is 11.5. The second-order valence-corrected chi connectivity index (χ2v) is 4.69. The van der Waals surface area contributed by atoms with Crippen molar-refractivity contribution in [3.8, 4) is 5.75 Å². The van der Waals surface area contributed by atoms with Gasteiger partial charge >= 0.3 is 6.61 Å². The van der Waals surface area contributed by atoms with Crippen LogP contribution in [-0.2, 0) is 6.54 Å². The van der Waals surface area contributed by atoms with E-state index in [2.05, 4.69) is 28.3 Å². The number of benzene rings is 2. The molecular formula is C16H17F2NO. The van der Waals surface area contributed by atoms with Crippen LogP contribution in [0.3, 0.4) is 0 Å². The van der Waals surface area contributed by atoms with E-state index in [4.69, 9.17) is 0 Å². The molecule has 0 aliphatic heterocycles. The lowest BCUT2D eigenvalue weighted by Crippen LogP contribution is -2.03. The molecule has 2 aromatic rings. The average molecular weight is 277 g/mol. The molecule has 106 valence electrons. The molecule has 0 aliphatic carbocycles. The molecule has 2 rings (SSSR count). The lowest BCUT2D eigenvalue weighted by atomic mass is 10.1. The molecule has 0 atom stereocenters. The van der Waals surface area contributed by atoms with Crippen molar-refractivity contribution < 1.29 is 13.5 Å². The number of nitrogens with one attached hydrogen (secondary N) is 1. The van der Waals surface area contributed by atoms with Crippen molar-refractivity contribution >= 4 is 5.69 Å². The molecule has 0 radical (unpaired) electrons. The molecule has 0 aromatic heterocycles. The minimum absolute atomic E-state index is 0.176. The molecule has 20 heavy (non-hydrogen) atoms. The van der Waals surface area contributed by atoms with Gasteiger partial charge in [0, 0.05) is 12.2 Å². The summed E-state index contributed by atoms with van der Waals surface area (Å²) in [7, 11) is 0. The smallest absolute Gasteiger partial charge is 0.387 e. The molecular weight excluding hydrogens is 260 g/mol. The first-order valence-electron chi connectivity index (χ1n) is 6.39. The Morgan fingerprint density at radius 3 is 2.40 bits per heavy atom. The van der Waals surface area contributed by atoms with Gasteiger partial charge in [-0.15, -0.1) is 0 Å². The van der Waals surface area contributed by atoms with Crippen molar-refractivity contribution in [3.63, 3.8) is 0 Å². The zero-order chi connectivity index (χ0) is 14.5. The third kappa shape index (κ3) is 3.95. The fraction of sp³-hybridized carbons (Fsp3) is 0.250. The van der Waals surface area contributed by atoms with Crippen LogP contribution in [0.4, 0.5) is 14.5 Å². The van der Waals surface area contributed by atoms with Crippen LogP contribution in [0.25, 0.3) is 0 Å². The van der Waals surface area contributed by atoms with Crippen molar-refractivity contribution in [1.82, 2.24) is 0 Å². The second-order valence-electron chi connectivity index (χ2n) is 4.69. The zero-order valence-corrected chi connectivity index (χ0v) is 11.5. The Kier molecular flexibility index (Phi) is 4.56. The highest BCUT2D eigenvalue weighted by atomic mass is 19.3. The largest absolute Gasteiger partial charge is 0.435 e. The number of ether oxygens (including phenoxy) is 1. The van der Waals surface area contributed by atoms with Crippen LogP contribution in [0.1, 0.15) is 16.7 Å². The number of hydrogen-bond acceptors (Lipinski definition) is 2. The van der Waals surface area contributed by atoms with Crippen LogP contribution in [0.2, 0.25) is 0 Å². The summed E-state index contributed by atoms with van der Waals surface area (Å²) < 4.78 is 28.4. The Bertz CT molecular complexity index is 567. The van der Waals surface area contributed by atoms with Gasteiger partial charge in [0.1, 0.15) is 5.75 Å². The fourth-order valence-corrected chi connectivity index (χ4v) is 1.91. The van der Waals surface area contributed by atoms with Crippen LogP contribution < -0.4 is 10.1 Å². The first-order chi connectivity index (χ1) is 9.54. The van der Waals surface area contributed by atoms with E-state index in [9.17, 15) is 8.78 Å². The Morgan fingerprint density at radius 1 is 1.05 bits per heavy atom. The summed E-state index contributed by atoms with van der Waals surface area (Å²) in [6, 6.07) is 12.9. The van der Waals surface area contributed by atoms with Gasteiger partial charge in [0.05, 0.1) is 0 Å². The van der Waals surface area contributed by atoms with Crippen molar-refractivity contribution in [3.05, 3.63) is 59.2 Å².